The topological polar surface area (TPSA) is 168 Å². The smallest absolute Gasteiger partial charge is 0.340 e. The number of halogens is 1. The van der Waals surface area contributed by atoms with Crippen LogP contribution < -0.4 is 11.1 Å². The first-order valence-electron chi connectivity index (χ1n) is 7.14. The van der Waals surface area contributed by atoms with Gasteiger partial charge in [0.2, 0.25) is 0 Å². The molecule has 2 aromatic rings. The maximum absolute atomic E-state index is 11.9. The summed E-state index contributed by atoms with van der Waals surface area (Å²) in [6.07, 6.45) is 0. The number of nitrogen functional groups attached to an aromatic ring is 1. The van der Waals surface area contributed by atoms with Gasteiger partial charge in [0.1, 0.15) is 0 Å². The third-order valence-corrected chi connectivity index (χ3v) is 3.56. The molecule has 0 saturated carbocycles. The highest BCUT2D eigenvalue weighted by Gasteiger charge is 2.17. The van der Waals surface area contributed by atoms with E-state index < -0.39 is 28.3 Å². The molecule has 3 N–H and O–H groups in total. The minimum absolute atomic E-state index is 0.0261. The fourth-order valence-corrected chi connectivity index (χ4v) is 2.13. The van der Waals surface area contributed by atoms with Crippen LogP contribution in [-0.2, 0) is 9.53 Å². The van der Waals surface area contributed by atoms with Crippen LogP contribution in [-0.4, -0.2) is 28.3 Å². The second-order valence-corrected chi connectivity index (χ2v) is 5.48. The van der Waals surface area contributed by atoms with E-state index in [1.54, 1.807) is 0 Å². The van der Waals surface area contributed by atoms with Gasteiger partial charge in [-0.25, -0.2) is 4.79 Å². The first-order chi connectivity index (χ1) is 12.7. The van der Waals surface area contributed by atoms with Gasteiger partial charge in [0.15, 0.2) is 6.61 Å². The highest BCUT2D eigenvalue weighted by atomic mass is 35.5. The van der Waals surface area contributed by atoms with Crippen LogP contribution in [0.4, 0.5) is 22.7 Å². The third kappa shape index (κ3) is 4.89. The van der Waals surface area contributed by atoms with E-state index in [0.29, 0.717) is 0 Å². The Hall–Kier alpha value is -3.73. The number of esters is 1. The summed E-state index contributed by atoms with van der Waals surface area (Å²) >= 11 is 5.85. The molecule has 2 rings (SSSR count). The minimum Gasteiger partial charge on any atom is -0.452 e. The zero-order chi connectivity index (χ0) is 20.1. The molecule has 0 unspecified atom stereocenters. The third-order valence-electron chi connectivity index (χ3n) is 3.24. The Morgan fingerprint density at radius 3 is 2.26 bits per heavy atom. The van der Waals surface area contributed by atoms with Crippen molar-refractivity contribution in [2.75, 3.05) is 17.7 Å². The number of hydrogen-bond acceptors (Lipinski definition) is 8. The molecular formula is C15H11ClN4O7. The normalized spacial score (nSPS) is 10.1. The van der Waals surface area contributed by atoms with Crippen molar-refractivity contribution in [3.05, 3.63) is 67.2 Å². The van der Waals surface area contributed by atoms with E-state index in [4.69, 9.17) is 22.1 Å². The van der Waals surface area contributed by atoms with Crippen LogP contribution in [0, 0.1) is 20.2 Å². The lowest BCUT2D eigenvalue weighted by atomic mass is 10.1. The van der Waals surface area contributed by atoms with E-state index >= 15 is 0 Å². The summed E-state index contributed by atoms with van der Waals surface area (Å²) < 4.78 is 4.78. The van der Waals surface area contributed by atoms with Crippen LogP contribution in [0.2, 0.25) is 5.02 Å². The van der Waals surface area contributed by atoms with Crippen LogP contribution in [0.5, 0.6) is 0 Å². The molecule has 0 aliphatic rings. The molecule has 1 amide bonds. The highest BCUT2D eigenvalue weighted by Crippen LogP contribution is 2.26. The highest BCUT2D eigenvalue weighted by molar-refractivity contribution is 6.33. The van der Waals surface area contributed by atoms with Crippen LogP contribution in [0.15, 0.2) is 36.4 Å². The van der Waals surface area contributed by atoms with Gasteiger partial charge in [-0.3, -0.25) is 25.0 Å². The number of nitrogens with two attached hydrogens (primary N) is 1. The van der Waals surface area contributed by atoms with Crippen molar-refractivity contribution in [2.24, 2.45) is 0 Å². The van der Waals surface area contributed by atoms with Crippen molar-refractivity contribution < 1.29 is 24.2 Å². The van der Waals surface area contributed by atoms with Crippen molar-refractivity contribution in [3.63, 3.8) is 0 Å². The van der Waals surface area contributed by atoms with Crippen LogP contribution in [0.3, 0.4) is 0 Å². The molecule has 0 bridgehead atoms. The van der Waals surface area contributed by atoms with Gasteiger partial charge in [0, 0.05) is 24.3 Å². The molecule has 0 aliphatic carbocycles. The number of hydrogen-bond donors (Lipinski definition) is 2. The molecule has 0 aromatic heterocycles. The first kappa shape index (κ1) is 19.6. The van der Waals surface area contributed by atoms with Crippen LogP contribution in [0.25, 0.3) is 0 Å². The number of nitro benzene ring substituents is 2. The number of non-ortho nitro benzene ring substituents is 2. The average Bonchev–Trinajstić information content (AvgIpc) is 2.61. The molecule has 0 heterocycles. The standard InChI is InChI=1S/C15H11ClN4O7/c16-11-4-2-9(20(25)26)6-13(11)18-14(21)7-27-15(22)10-3-1-8(19(23)24)5-12(10)17/h1-6H,7,17H2,(H,18,21). The summed E-state index contributed by atoms with van der Waals surface area (Å²) in [5, 5.41) is 23.7. The van der Waals surface area contributed by atoms with Crippen LogP contribution >= 0.6 is 11.6 Å². The minimum atomic E-state index is -0.970. The summed E-state index contributed by atoms with van der Waals surface area (Å²) in [6, 6.07) is 6.60. The summed E-state index contributed by atoms with van der Waals surface area (Å²) in [7, 11) is 0. The molecule has 11 nitrogen and oxygen atoms in total. The molecule has 2 aromatic carbocycles. The van der Waals surface area contributed by atoms with E-state index in [1.165, 1.54) is 6.07 Å². The fourth-order valence-electron chi connectivity index (χ4n) is 1.97. The quantitative estimate of drug-likeness (QED) is 0.326. The summed E-state index contributed by atoms with van der Waals surface area (Å²) in [4.78, 5) is 43.9. The van der Waals surface area contributed by atoms with Gasteiger partial charge < -0.3 is 15.8 Å². The molecule has 27 heavy (non-hydrogen) atoms. The number of ether oxygens (including phenoxy) is 1. The number of nitrogens with one attached hydrogen (secondary N) is 1. The zero-order valence-corrected chi connectivity index (χ0v) is 14.1. The van der Waals surface area contributed by atoms with Gasteiger partial charge in [0.05, 0.1) is 31.8 Å². The first-order valence-corrected chi connectivity index (χ1v) is 7.51. The Balaban J connectivity index is 2.01. The number of benzene rings is 2. The van der Waals surface area contributed by atoms with Crippen LogP contribution in [0.1, 0.15) is 10.4 Å². The van der Waals surface area contributed by atoms with Gasteiger partial charge in [-0.15, -0.1) is 0 Å². The molecule has 0 saturated heterocycles. The average molecular weight is 395 g/mol. The molecule has 0 radical (unpaired) electrons. The van der Waals surface area contributed by atoms with Crippen molar-refractivity contribution in [1.82, 2.24) is 0 Å². The van der Waals surface area contributed by atoms with Crippen molar-refractivity contribution in [2.45, 2.75) is 0 Å². The number of nitrogens with zero attached hydrogens (tertiary/aromatic N) is 2. The Kier molecular flexibility index (Phi) is 5.88. The maximum Gasteiger partial charge on any atom is 0.340 e. The van der Waals surface area contributed by atoms with Gasteiger partial charge >= 0.3 is 5.97 Å². The van der Waals surface area contributed by atoms with E-state index in [2.05, 4.69) is 5.32 Å². The lowest BCUT2D eigenvalue weighted by Crippen LogP contribution is -2.21. The number of rotatable bonds is 6. The van der Waals surface area contributed by atoms with E-state index in [9.17, 15) is 29.8 Å². The lowest BCUT2D eigenvalue weighted by molar-refractivity contribution is -0.385. The van der Waals surface area contributed by atoms with Gasteiger partial charge in [-0.05, 0) is 12.1 Å². The number of amides is 1. The van der Waals surface area contributed by atoms with Gasteiger partial charge in [-0.1, -0.05) is 11.6 Å². The SMILES string of the molecule is Nc1cc([N+](=O)[O-])ccc1C(=O)OCC(=O)Nc1cc([N+](=O)[O-])ccc1Cl. The molecule has 0 fully saturated rings. The van der Waals surface area contributed by atoms with E-state index in [0.717, 1.165) is 30.3 Å². The largest absolute Gasteiger partial charge is 0.452 e. The molecular weight excluding hydrogens is 384 g/mol. The second kappa shape index (κ2) is 8.10. The fraction of sp³-hybridized carbons (Fsp3) is 0.0667. The van der Waals surface area contributed by atoms with E-state index in [1.807, 2.05) is 0 Å². The molecule has 140 valence electrons. The monoisotopic (exact) mass is 394 g/mol. The molecule has 0 spiro atoms. The summed E-state index contributed by atoms with van der Waals surface area (Å²) in [5.41, 5.74) is 4.62. The number of carbonyl (C=O) groups is 2. The van der Waals surface area contributed by atoms with Crippen molar-refractivity contribution >= 4 is 46.2 Å². The van der Waals surface area contributed by atoms with Gasteiger partial charge in [-0.2, -0.15) is 0 Å². The summed E-state index contributed by atoms with van der Waals surface area (Å²) in [5.74, 6) is -1.77. The number of anilines is 2. The molecule has 0 atom stereocenters. The zero-order valence-electron chi connectivity index (χ0n) is 13.4. The maximum atomic E-state index is 11.9. The molecule has 0 aliphatic heterocycles. The molecule has 12 heteroatoms. The summed E-state index contributed by atoms with van der Waals surface area (Å²) in [6.45, 7) is -0.728. The second-order valence-electron chi connectivity index (χ2n) is 5.07. The number of nitro groups is 2. The Morgan fingerprint density at radius 2 is 1.67 bits per heavy atom. The van der Waals surface area contributed by atoms with E-state index in [-0.39, 0.29) is 33.3 Å². The Bertz CT molecular complexity index is 948. The van der Waals surface area contributed by atoms with Crippen molar-refractivity contribution in [1.29, 1.82) is 0 Å². The predicted molar refractivity (Wildman–Crippen MR) is 94.5 cm³/mol. The Morgan fingerprint density at radius 1 is 1.07 bits per heavy atom. The van der Waals surface area contributed by atoms with Gasteiger partial charge in [0.25, 0.3) is 17.3 Å². The van der Waals surface area contributed by atoms with Crippen molar-refractivity contribution in [3.8, 4) is 0 Å². The predicted octanol–water partition coefficient (Wildman–Crippen LogP) is 2.53. The Labute approximate surface area is 156 Å². The number of carbonyl (C=O) groups excluding carboxylic acids is 2. The lowest BCUT2D eigenvalue weighted by Gasteiger charge is -2.09.